The van der Waals surface area contributed by atoms with Crippen molar-refractivity contribution in [2.75, 3.05) is 43.9 Å². The molecule has 4 aromatic rings. The largest absolute Gasteiger partial charge is 0.497 e. The first-order valence-electron chi connectivity index (χ1n) is 10.9. The zero-order valence-corrected chi connectivity index (χ0v) is 18.7. The summed E-state index contributed by atoms with van der Waals surface area (Å²) in [5.41, 5.74) is 9.51. The zero-order chi connectivity index (χ0) is 22.9. The standard InChI is InChI=1S/C24H26FN7O/c1-30-22(26)20-21(17-5-7-18(25)8-6-17)27-24(28-23(20)29-30)32-13-11-31(12-14-32)15-16-3-9-19(33-2)10-4-16/h3-10H,11-15,26H2,1-2H3. The van der Waals surface area contributed by atoms with E-state index < -0.39 is 0 Å². The normalized spacial score (nSPS) is 14.7. The van der Waals surface area contributed by atoms with Crippen molar-refractivity contribution in [3.8, 4) is 17.0 Å². The molecule has 0 unspecified atom stereocenters. The van der Waals surface area contributed by atoms with Gasteiger partial charge in [0.25, 0.3) is 0 Å². The highest BCUT2D eigenvalue weighted by Crippen LogP contribution is 2.32. The predicted molar refractivity (Wildman–Crippen MR) is 127 cm³/mol. The minimum atomic E-state index is -0.295. The summed E-state index contributed by atoms with van der Waals surface area (Å²) in [5, 5.41) is 5.16. The lowest BCUT2D eigenvalue weighted by molar-refractivity contribution is 0.248. The minimum absolute atomic E-state index is 0.295. The summed E-state index contributed by atoms with van der Waals surface area (Å²) in [7, 11) is 3.46. The van der Waals surface area contributed by atoms with E-state index in [-0.39, 0.29) is 5.82 Å². The van der Waals surface area contributed by atoms with Crippen molar-refractivity contribution < 1.29 is 9.13 Å². The molecule has 8 nitrogen and oxygen atoms in total. The van der Waals surface area contributed by atoms with Crippen molar-refractivity contribution in [3.63, 3.8) is 0 Å². The number of nitrogens with zero attached hydrogens (tertiary/aromatic N) is 6. The van der Waals surface area contributed by atoms with Gasteiger partial charge >= 0.3 is 0 Å². The van der Waals surface area contributed by atoms with E-state index in [1.807, 2.05) is 12.1 Å². The Morgan fingerprint density at radius 3 is 2.33 bits per heavy atom. The molecular weight excluding hydrogens is 421 g/mol. The van der Waals surface area contributed by atoms with Crippen LogP contribution in [0, 0.1) is 5.82 Å². The first-order chi connectivity index (χ1) is 16.0. The Bertz CT molecular complexity index is 1260. The van der Waals surface area contributed by atoms with Gasteiger partial charge in [-0.2, -0.15) is 10.1 Å². The molecule has 0 spiro atoms. The number of halogens is 1. The second kappa shape index (κ2) is 8.67. The number of ether oxygens (including phenoxy) is 1. The molecule has 33 heavy (non-hydrogen) atoms. The molecule has 1 fully saturated rings. The van der Waals surface area contributed by atoms with Gasteiger partial charge in [-0.1, -0.05) is 12.1 Å². The molecule has 2 aromatic carbocycles. The van der Waals surface area contributed by atoms with E-state index in [1.165, 1.54) is 17.7 Å². The summed E-state index contributed by atoms with van der Waals surface area (Å²) in [6.45, 7) is 4.27. The van der Waals surface area contributed by atoms with E-state index in [4.69, 9.17) is 20.4 Å². The molecule has 2 N–H and O–H groups in total. The predicted octanol–water partition coefficient (Wildman–Crippen LogP) is 3.08. The van der Waals surface area contributed by atoms with Crippen LogP contribution in [-0.4, -0.2) is 57.9 Å². The summed E-state index contributed by atoms with van der Waals surface area (Å²) in [4.78, 5) is 14.1. The molecule has 2 aromatic heterocycles. The number of rotatable bonds is 5. The fourth-order valence-electron chi connectivity index (χ4n) is 4.16. The third-order valence-corrected chi connectivity index (χ3v) is 6.07. The number of nitrogen functional groups attached to an aromatic ring is 1. The van der Waals surface area contributed by atoms with Crippen LogP contribution in [0.25, 0.3) is 22.3 Å². The lowest BCUT2D eigenvalue weighted by atomic mass is 10.1. The molecule has 0 atom stereocenters. The van der Waals surface area contributed by atoms with Gasteiger partial charge in [0.1, 0.15) is 17.4 Å². The minimum Gasteiger partial charge on any atom is -0.497 e. The average Bonchev–Trinajstić information content (AvgIpc) is 3.13. The van der Waals surface area contributed by atoms with Crippen molar-refractivity contribution >= 4 is 22.8 Å². The van der Waals surface area contributed by atoms with Crippen LogP contribution < -0.4 is 15.4 Å². The summed E-state index contributed by atoms with van der Waals surface area (Å²) in [5.74, 6) is 1.67. The summed E-state index contributed by atoms with van der Waals surface area (Å²) in [6, 6.07) is 14.4. The molecule has 9 heteroatoms. The van der Waals surface area contributed by atoms with Gasteiger partial charge in [-0.05, 0) is 42.0 Å². The Balaban J connectivity index is 1.38. The Hall–Kier alpha value is -3.72. The lowest BCUT2D eigenvalue weighted by Gasteiger charge is -2.34. The fourth-order valence-corrected chi connectivity index (χ4v) is 4.16. The molecule has 3 heterocycles. The number of fused-ring (bicyclic) bond motifs is 1. The monoisotopic (exact) mass is 447 g/mol. The van der Waals surface area contributed by atoms with E-state index in [9.17, 15) is 4.39 Å². The quantitative estimate of drug-likeness (QED) is 0.503. The second-order valence-electron chi connectivity index (χ2n) is 8.20. The van der Waals surface area contributed by atoms with Gasteiger partial charge in [-0.3, -0.25) is 9.58 Å². The number of aromatic nitrogens is 4. The van der Waals surface area contributed by atoms with Crippen LogP contribution in [0.5, 0.6) is 5.75 Å². The van der Waals surface area contributed by atoms with E-state index in [2.05, 4.69) is 27.0 Å². The number of hydrogen-bond donors (Lipinski definition) is 1. The first-order valence-corrected chi connectivity index (χ1v) is 10.9. The number of hydrogen-bond acceptors (Lipinski definition) is 7. The highest BCUT2D eigenvalue weighted by Gasteiger charge is 2.23. The molecule has 5 rings (SSSR count). The Morgan fingerprint density at radius 1 is 0.970 bits per heavy atom. The Labute approximate surface area is 191 Å². The van der Waals surface area contributed by atoms with Crippen LogP contribution in [0.4, 0.5) is 16.2 Å². The van der Waals surface area contributed by atoms with Gasteiger partial charge in [0.15, 0.2) is 5.65 Å². The molecule has 170 valence electrons. The molecule has 0 aliphatic carbocycles. The van der Waals surface area contributed by atoms with Crippen molar-refractivity contribution in [2.45, 2.75) is 6.54 Å². The van der Waals surface area contributed by atoms with Crippen molar-refractivity contribution in [3.05, 3.63) is 59.9 Å². The molecule has 0 radical (unpaired) electrons. The SMILES string of the molecule is COc1ccc(CN2CCN(c3nc(-c4ccc(F)cc4)c4c(N)n(C)nc4n3)CC2)cc1. The van der Waals surface area contributed by atoms with Gasteiger partial charge in [0.05, 0.1) is 18.2 Å². The van der Waals surface area contributed by atoms with Crippen molar-refractivity contribution in [1.82, 2.24) is 24.6 Å². The van der Waals surface area contributed by atoms with Crippen LogP contribution in [0.3, 0.4) is 0 Å². The van der Waals surface area contributed by atoms with Gasteiger partial charge in [-0.25, -0.2) is 9.37 Å². The van der Waals surface area contributed by atoms with Crippen molar-refractivity contribution in [2.24, 2.45) is 7.05 Å². The number of nitrogens with two attached hydrogens (primary N) is 1. The molecule has 0 amide bonds. The van der Waals surface area contributed by atoms with E-state index in [1.54, 1.807) is 31.0 Å². The van der Waals surface area contributed by atoms with Crippen LogP contribution in [-0.2, 0) is 13.6 Å². The number of methoxy groups -OCH3 is 1. The number of benzene rings is 2. The van der Waals surface area contributed by atoms with Gasteiger partial charge in [-0.15, -0.1) is 0 Å². The van der Waals surface area contributed by atoms with Crippen molar-refractivity contribution in [1.29, 1.82) is 0 Å². The van der Waals surface area contributed by atoms with E-state index in [0.717, 1.165) is 44.0 Å². The fraction of sp³-hybridized carbons (Fsp3) is 0.292. The van der Waals surface area contributed by atoms with Crippen LogP contribution in [0.15, 0.2) is 48.5 Å². The maximum Gasteiger partial charge on any atom is 0.228 e. The topological polar surface area (TPSA) is 85.3 Å². The number of anilines is 2. The van der Waals surface area contributed by atoms with Crippen LogP contribution >= 0.6 is 0 Å². The first kappa shape index (κ1) is 21.1. The third-order valence-electron chi connectivity index (χ3n) is 6.07. The van der Waals surface area contributed by atoms with Crippen LogP contribution in [0.2, 0.25) is 0 Å². The molecule has 1 aliphatic rings. The molecule has 0 saturated carbocycles. The third kappa shape index (κ3) is 4.19. The summed E-state index contributed by atoms with van der Waals surface area (Å²) < 4.78 is 20.3. The Kier molecular flexibility index (Phi) is 5.55. The zero-order valence-electron chi connectivity index (χ0n) is 18.7. The average molecular weight is 448 g/mol. The Morgan fingerprint density at radius 2 is 1.67 bits per heavy atom. The highest BCUT2D eigenvalue weighted by atomic mass is 19.1. The van der Waals surface area contributed by atoms with Gasteiger partial charge in [0, 0.05) is 45.3 Å². The number of piperazine rings is 1. The smallest absolute Gasteiger partial charge is 0.228 e. The van der Waals surface area contributed by atoms with Gasteiger partial charge < -0.3 is 15.4 Å². The van der Waals surface area contributed by atoms with Crippen LogP contribution in [0.1, 0.15) is 5.56 Å². The molecular formula is C24H26FN7O. The lowest BCUT2D eigenvalue weighted by Crippen LogP contribution is -2.46. The highest BCUT2D eigenvalue weighted by molar-refractivity contribution is 5.98. The number of aryl methyl sites for hydroxylation is 1. The van der Waals surface area contributed by atoms with Gasteiger partial charge in [0.2, 0.25) is 5.95 Å². The summed E-state index contributed by atoms with van der Waals surface area (Å²) in [6.07, 6.45) is 0. The maximum atomic E-state index is 13.5. The second-order valence-corrected chi connectivity index (χ2v) is 8.20. The molecule has 1 aliphatic heterocycles. The molecule has 0 bridgehead atoms. The van der Waals surface area contributed by atoms with E-state index in [0.29, 0.717) is 28.5 Å². The summed E-state index contributed by atoms with van der Waals surface area (Å²) >= 11 is 0. The molecule has 1 saturated heterocycles. The van der Waals surface area contributed by atoms with E-state index >= 15 is 0 Å². The maximum absolute atomic E-state index is 13.5.